The molecule has 136 valence electrons. The predicted molar refractivity (Wildman–Crippen MR) is 84.4 cm³/mol. The molecule has 0 radical (unpaired) electrons. The number of amides is 1. The summed E-state index contributed by atoms with van der Waals surface area (Å²) >= 11 is 0. The Morgan fingerprint density at radius 3 is 2.17 bits per heavy atom. The van der Waals surface area contributed by atoms with Gasteiger partial charge in [0, 0.05) is 19.1 Å². The van der Waals surface area contributed by atoms with E-state index in [1.54, 1.807) is 4.90 Å². The molecule has 2 heterocycles. The van der Waals surface area contributed by atoms with Gasteiger partial charge in [-0.2, -0.15) is 0 Å². The fraction of sp³-hybridized carbons (Fsp3) is 0.812. The molecule has 0 spiro atoms. The SMILES string of the molecule is COC(=O)C1CCN(C2CCN(C(=O)COCC(=O)O)CC2)CC1. The number of carbonyl (C=O) groups is 3. The highest BCUT2D eigenvalue weighted by Gasteiger charge is 2.31. The maximum atomic E-state index is 12.0. The number of ether oxygens (including phenoxy) is 2. The molecule has 1 N–H and O–H groups in total. The maximum Gasteiger partial charge on any atom is 0.329 e. The normalized spacial score (nSPS) is 20.8. The summed E-state index contributed by atoms with van der Waals surface area (Å²) in [7, 11) is 1.43. The molecule has 8 nitrogen and oxygen atoms in total. The summed E-state index contributed by atoms with van der Waals surface area (Å²) in [5.74, 6) is -1.33. The van der Waals surface area contributed by atoms with Crippen molar-refractivity contribution in [3.8, 4) is 0 Å². The lowest BCUT2D eigenvalue weighted by Crippen LogP contribution is -2.50. The van der Waals surface area contributed by atoms with Crippen molar-refractivity contribution in [2.75, 3.05) is 46.5 Å². The zero-order chi connectivity index (χ0) is 17.5. The number of nitrogens with zero attached hydrogens (tertiary/aromatic N) is 2. The Labute approximate surface area is 141 Å². The van der Waals surface area contributed by atoms with Gasteiger partial charge >= 0.3 is 11.9 Å². The van der Waals surface area contributed by atoms with E-state index in [1.807, 2.05) is 0 Å². The van der Waals surface area contributed by atoms with Crippen LogP contribution < -0.4 is 0 Å². The van der Waals surface area contributed by atoms with Gasteiger partial charge in [-0.25, -0.2) is 4.79 Å². The average molecular weight is 342 g/mol. The van der Waals surface area contributed by atoms with Crippen LogP contribution in [0.4, 0.5) is 0 Å². The number of hydrogen-bond acceptors (Lipinski definition) is 6. The van der Waals surface area contributed by atoms with Crippen molar-refractivity contribution in [2.24, 2.45) is 5.92 Å². The van der Waals surface area contributed by atoms with Crippen molar-refractivity contribution in [3.05, 3.63) is 0 Å². The van der Waals surface area contributed by atoms with E-state index in [0.29, 0.717) is 19.1 Å². The first-order valence-corrected chi connectivity index (χ1v) is 8.40. The van der Waals surface area contributed by atoms with Gasteiger partial charge in [0.25, 0.3) is 0 Å². The number of hydrogen-bond donors (Lipinski definition) is 1. The molecule has 0 aromatic heterocycles. The number of carboxylic acid groups (broad SMARTS) is 1. The number of methoxy groups -OCH3 is 1. The molecule has 2 rings (SSSR count). The first kappa shape index (κ1) is 18.7. The number of aliphatic carboxylic acids is 1. The predicted octanol–water partition coefficient (Wildman–Crippen LogP) is -0.0364. The Bertz CT molecular complexity index is 453. The summed E-state index contributed by atoms with van der Waals surface area (Å²) in [5.41, 5.74) is 0. The number of likely N-dealkylation sites (tertiary alicyclic amines) is 2. The van der Waals surface area contributed by atoms with Gasteiger partial charge in [0.05, 0.1) is 13.0 Å². The molecule has 0 bridgehead atoms. The molecule has 2 aliphatic heterocycles. The van der Waals surface area contributed by atoms with Crippen molar-refractivity contribution < 1.29 is 29.0 Å². The van der Waals surface area contributed by atoms with Gasteiger partial charge in [0.1, 0.15) is 13.2 Å². The van der Waals surface area contributed by atoms with E-state index >= 15 is 0 Å². The van der Waals surface area contributed by atoms with E-state index in [-0.39, 0.29) is 24.4 Å². The highest BCUT2D eigenvalue weighted by molar-refractivity contribution is 5.78. The van der Waals surface area contributed by atoms with Gasteiger partial charge in [-0.3, -0.25) is 9.59 Å². The van der Waals surface area contributed by atoms with Crippen LogP contribution in [0.5, 0.6) is 0 Å². The topological polar surface area (TPSA) is 96.4 Å². The zero-order valence-electron chi connectivity index (χ0n) is 14.1. The molecule has 2 saturated heterocycles. The Hall–Kier alpha value is -1.67. The van der Waals surface area contributed by atoms with Crippen molar-refractivity contribution in [2.45, 2.75) is 31.7 Å². The van der Waals surface area contributed by atoms with Crippen LogP contribution >= 0.6 is 0 Å². The van der Waals surface area contributed by atoms with E-state index in [2.05, 4.69) is 4.90 Å². The molecule has 2 fully saturated rings. The molecular weight excluding hydrogens is 316 g/mol. The number of carbonyl (C=O) groups excluding carboxylic acids is 2. The Morgan fingerprint density at radius 1 is 1.00 bits per heavy atom. The largest absolute Gasteiger partial charge is 0.480 e. The van der Waals surface area contributed by atoms with E-state index in [9.17, 15) is 14.4 Å². The second-order valence-electron chi connectivity index (χ2n) is 6.33. The van der Waals surface area contributed by atoms with Crippen LogP contribution in [0.1, 0.15) is 25.7 Å². The lowest BCUT2D eigenvalue weighted by atomic mass is 9.93. The lowest BCUT2D eigenvalue weighted by Gasteiger charge is -2.41. The van der Waals surface area contributed by atoms with Crippen molar-refractivity contribution >= 4 is 17.8 Å². The van der Waals surface area contributed by atoms with Crippen LogP contribution in [-0.2, 0) is 23.9 Å². The third kappa shape index (κ3) is 5.17. The van der Waals surface area contributed by atoms with Crippen LogP contribution in [0.3, 0.4) is 0 Å². The van der Waals surface area contributed by atoms with E-state index in [1.165, 1.54) is 7.11 Å². The van der Waals surface area contributed by atoms with Gasteiger partial charge in [-0.1, -0.05) is 0 Å². The number of esters is 1. The maximum absolute atomic E-state index is 12.0. The standard InChI is InChI=1S/C16H26N2O6/c1-23-16(22)12-2-6-17(7-3-12)13-4-8-18(9-5-13)14(19)10-24-11-15(20)21/h12-13H,2-11H2,1H3,(H,20,21). The fourth-order valence-electron chi connectivity index (χ4n) is 3.46. The summed E-state index contributed by atoms with van der Waals surface area (Å²) < 4.78 is 9.66. The summed E-state index contributed by atoms with van der Waals surface area (Å²) in [6.45, 7) is 2.48. The molecule has 0 aromatic rings. The molecular formula is C16H26N2O6. The van der Waals surface area contributed by atoms with Gasteiger partial charge in [-0.15, -0.1) is 0 Å². The Balaban J connectivity index is 1.68. The first-order chi connectivity index (χ1) is 11.5. The first-order valence-electron chi connectivity index (χ1n) is 8.40. The molecule has 1 amide bonds. The minimum absolute atomic E-state index is 0.0132. The van der Waals surface area contributed by atoms with E-state index in [4.69, 9.17) is 14.6 Å². The van der Waals surface area contributed by atoms with Gasteiger partial charge in [0.15, 0.2) is 0 Å². The monoisotopic (exact) mass is 342 g/mol. The van der Waals surface area contributed by atoms with Crippen LogP contribution in [0, 0.1) is 5.92 Å². The molecule has 0 atom stereocenters. The Kier molecular flexibility index (Phi) is 6.99. The molecule has 0 saturated carbocycles. The summed E-state index contributed by atoms with van der Waals surface area (Å²) in [4.78, 5) is 38.0. The zero-order valence-corrected chi connectivity index (χ0v) is 14.1. The number of rotatable bonds is 6. The van der Waals surface area contributed by atoms with E-state index in [0.717, 1.165) is 38.8 Å². The third-order valence-corrected chi connectivity index (χ3v) is 4.85. The molecule has 0 aliphatic carbocycles. The van der Waals surface area contributed by atoms with Gasteiger partial charge in [0.2, 0.25) is 5.91 Å². The van der Waals surface area contributed by atoms with E-state index < -0.39 is 12.6 Å². The van der Waals surface area contributed by atoms with Gasteiger partial charge < -0.3 is 24.4 Å². The molecule has 0 unspecified atom stereocenters. The lowest BCUT2D eigenvalue weighted by molar-refractivity contribution is -0.148. The van der Waals surface area contributed by atoms with Gasteiger partial charge in [-0.05, 0) is 38.8 Å². The van der Waals surface area contributed by atoms with Crippen molar-refractivity contribution in [1.29, 1.82) is 0 Å². The minimum Gasteiger partial charge on any atom is -0.480 e. The Morgan fingerprint density at radius 2 is 1.62 bits per heavy atom. The van der Waals surface area contributed by atoms with Crippen LogP contribution in [0.25, 0.3) is 0 Å². The summed E-state index contributed by atoms with van der Waals surface area (Å²) in [6, 6.07) is 0.438. The van der Waals surface area contributed by atoms with Crippen LogP contribution in [0.15, 0.2) is 0 Å². The highest BCUT2D eigenvalue weighted by atomic mass is 16.5. The molecule has 0 aromatic carbocycles. The second kappa shape index (κ2) is 8.98. The second-order valence-corrected chi connectivity index (χ2v) is 6.33. The smallest absolute Gasteiger partial charge is 0.329 e. The quantitative estimate of drug-likeness (QED) is 0.677. The molecule has 2 aliphatic rings. The molecule has 24 heavy (non-hydrogen) atoms. The summed E-state index contributed by atoms with van der Waals surface area (Å²) in [5, 5.41) is 8.50. The highest BCUT2D eigenvalue weighted by Crippen LogP contribution is 2.24. The number of piperidine rings is 2. The summed E-state index contributed by atoms with van der Waals surface area (Å²) in [6.07, 6.45) is 3.45. The van der Waals surface area contributed by atoms with Crippen LogP contribution in [-0.4, -0.2) is 85.3 Å². The molecule has 8 heteroatoms. The van der Waals surface area contributed by atoms with Crippen LogP contribution in [0.2, 0.25) is 0 Å². The van der Waals surface area contributed by atoms with Crippen molar-refractivity contribution in [1.82, 2.24) is 9.80 Å². The number of carboxylic acids is 1. The minimum atomic E-state index is -1.07. The van der Waals surface area contributed by atoms with Crippen molar-refractivity contribution in [3.63, 3.8) is 0 Å². The third-order valence-electron chi connectivity index (χ3n) is 4.85. The average Bonchev–Trinajstić information content (AvgIpc) is 2.61. The fourth-order valence-corrected chi connectivity index (χ4v) is 3.46.